The van der Waals surface area contributed by atoms with Crippen molar-refractivity contribution in [2.45, 2.75) is 0 Å². The molecule has 0 unspecified atom stereocenters. The van der Waals surface area contributed by atoms with Crippen LogP contribution in [0.2, 0.25) is 0 Å². The fraction of sp³-hybridized carbons (Fsp3) is 0. The fourth-order valence-corrected chi connectivity index (χ4v) is 9.99. The SMILES string of the molecule is c1ccc(-c2nc(-c3ccc(-c4cccc5c4sc4ccccc45)cc3)nc(-c3ccc(-c4ccccc4)c(-n4c5ccccc5c5cc6ccccc6cc54)c3)n2)cc1. The van der Waals surface area contributed by atoms with Crippen molar-refractivity contribution in [3.05, 3.63) is 206 Å². The fourth-order valence-electron chi connectivity index (χ4n) is 8.76. The highest BCUT2D eigenvalue weighted by atomic mass is 32.1. The molecule has 280 valence electrons. The highest BCUT2D eigenvalue weighted by Gasteiger charge is 2.20. The van der Waals surface area contributed by atoms with Crippen molar-refractivity contribution in [2.24, 2.45) is 0 Å². The van der Waals surface area contributed by atoms with E-state index in [1.165, 1.54) is 47.3 Å². The number of thiophene rings is 1. The van der Waals surface area contributed by atoms with Gasteiger partial charge >= 0.3 is 0 Å². The zero-order valence-electron chi connectivity index (χ0n) is 32.3. The van der Waals surface area contributed by atoms with E-state index in [2.05, 4.69) is 193 Å². The number of hydrogen-bond acceptors (Lipinski definition) is 4. The molecule has 0 saturated carbocycles. The molecule has 0 aliphatic rings. The maximum absolute atomic E-state index is 5.24. The lowest BCUT2D eigenvalue weighted by molar-refractivity contribution is 1.07. The lowest BCUT2D eigenvalue weighted by atomic mass is 10.00. The van der Waals surface area contributed by atoms with Crippen molar-refractivity contribution in [1.82, 2.24) is 19.5 Å². The quantitative estimate of drug-likeness (QED) is 0.169. The van der Waals surface area contributed by atoms with Crippen LogP contribution in [0.5, 0.6) is 0 Å². The molecular formula is C55H34N4S. The van der Waals surface area contributed by atoms with E-state index in [0.717, 1.165) is 50.1 Å². The van der Waals surface area contributed by atoms with Crippen molar-refractivity contribution in [2.75, 3.05) is 0 Å². The molecule has 0 amide bonds. The molecule has 12 aromatic rings. The maximum atomic E-state index is 5.24. The van der Waals surface area contributed by atoms with E-state index < -0.39 is 0 Å². The smallest absolute Gasteiger partial charge is 0.164 e. The van der Waals surface area contributed by atoms with Crippen LogP contribution in [0, 0.1) is 0 Å². The number of benzene rings is 9. The first-order valence-electron chi connectivity index (χ1n) is 20.2. The van der Waals surface area contributed by atoms with Crippen LogP contribution in [0.1, 0.15) is 0 Å². The lowest BCUT2D eigenvalue weighted by Crippen LogP contribution is -2.02. The lowest BCUT2D eigenvalue weighted by Gasteiger charge is -2.16. The summed E-state index contributed by atoms with van der Waals surface area (Å²) < 4.78 is 5.01. The van der Waals surface area contributed by atoms with Gasteiger partial charge in [-0.3, -0.25) is 0 Å². The average molecular weight is 783 g/mol. The Morgan fingerprint density at radius 1 is 0.333 bits per heavy atom. The second-order valence-corrected chi connectivity index (χ2v) is 16.2. The van der Waals surface area contributed by atoms with Gasteiger partial charge in [-0.1, -0.05) is 176 Å². The molecule has 5 heteroatoms. The summed E-state index contributed by atoms with van der Waals surface area (Å²) in [5, 5.41) is 7.44. The number of rotatable bonds is 6. The van der Waals surface area contributed by atoms with Gasteiger partial charge in [0.15, 0.2) is 17.5 Å². The normalized spacial score (nSPS) is 11.7. The number of fused-ring (bicyclic) bond motifs is 7. The van der Waals surface area contributed by atoms with E-state index in [-0.39, 0.29) is 0 Å². The second-order valence-electron chi connectivity index (χ2n) is 15.2. The number of aromatic nitrogens is 4. The van der Waals surface area contributed by atoms with Gasteiger partial charge in [0, 0.05) is 53.2 Å². The third-order valence-electron chi connectivity index (χ3n) is 11.6. The molecule has 0 radical (unpaired) electrons. The van der Waals surface area contributed by atoms with Crippen molar-refractivity contribution < 1.29 is 0 Å². The molecule has 0 fully saturated rings. The highest BCUT2D eigenvalue weighted by molar-refractivity contribution is 7.26. The molecule has 0 spiro atoms. The van der Waals surface area contributed by atoms with Crippen LogP contribution in [0.3, 0.4) is 0 Å². The topological polar surface area (TPSA) is 43.6 Å². The van der Waals surface area contributed by atoms with E-state index in [9.17, 15) is 0 Å². The summed E-state index contributed by atoms with van der Waals surface area (Å²) in [5.74, 6) is 1.87. The Labute approximate surface area is 350 Å². The molecule has 60 heavy (non-hydrogen) atoms. The Morgan fingerprint density at radius 3 is 1.65 bits per heavy atom. The third kappa shape index (κ3) is 5.70. The predicted molar refractivity (Wildman–Crippen MR) is 252 cm³/mol. The molecule has 0 aliphatic heterocycles. The molecule has 0 aliphatic carbocycles. The summed E-state index contributed by atoms with van der Waals surface area (Å²) in [7, 11) is 0. The summed E-state index contributed by atoms with van der Waals surface area (Å²) >= 11 is 1.85. The summed E-state index contributed by atoms with van der Waals surface area (Å²) in [6, 6.07) is 73.4. The highest BCUT2D eigenvalue weighted by Crippen LogP contribution is 2.42. The Balaban J connectivity index is 1.04. The third-order valence-corrected chi connectivity index (χ3v) is 12.9. The van der Waals surface area contributed by atoms with Gasteiger partial charge in [-0.05, 0) is 57.8 Å². The molecule has 9 aromatic carbocycles. The van der Waals surface area contributed by atoms with Crippen LogP contribution in [0.25, 0.3) is 115 Å². The van der Waals surface area contributed by atoms with Crippen LogP contribution in [0.4, 0.5) is 0 Å². The predicted octanol–water partition coefficient (Wildman–Crippen LogP) is 14.8. The van der Waals surface area contributed by atoms with Gasteiger partial charge in [-0.2, -0.15) is 0 Å². The first-order chi connectivity index (χ1) is 29.7. The number of hydrogen-bond donors (Lipinski definition) is 0. The minimum atomic E-state index is 0.616. The van der Waals surface area contributed by atoms with Gasteiger partial charge < -0.3 is 4.57 Å². The van der Waals surface area contributed by atoms with Crippen molar-refractivity contribution in [3.63, 3.8) is 0 Å². The first kappa shape index (κ1) is 34.3. The zero-order chi connectivity index (χ0) is 39.6. The van der Waals surface area contributed by atoms with Crippen LogP contribution in [-0.2, 0) is 0 Å². The van der Waals surface area contributed by atoms with E-state index in [1.54, 1.807) is 0 Å². The molecule has 3 aromatic heterocycles. The van der Waals surface area contributed by atoms with Crippen molar-refractivity contribution in [1.29, 1.82) is 0 Å². The van der Waals surface area contributed by atoms with Crippen LogP contribution in [-0.4, -0.2) is 19.5 Å². The van der Waals surface area contributed by atoms with Gasteiger partial charge in [0.25, 0.3) is 0 Å². The maximum Gasteiger partial charge on any atom is 0.164 e. The first-order valence-corrected chi connectivity index (χ1v) is 21.0. The molecule has 0 N–H and O–H groups in total. The Bertz CT molecular complexity index is 3590. The van der Waals surface area contributed by atoms with Crippen LogP contribution in [0.15, 0.2) is 206 Å². The Hall–Kier alpha value is -7.73. The summed E-state index contributed by atoms with van der Waals surface area (Å²) in [6.07, 6.45) is 0. The second kappa shape index (κ2) is 14.0. The average Bonchev–Trinajstić information content (AvgIpc) is 3.86. The standard InChI is InChI=1S/C55H34N4S/c1-3-14-35(15-4-1)42-31-30-41(34-49(42)59-48-24-11-9-20-44(48)47-32-39-18-7-8-19-40(39)33-50(47)59)55-57-53(37-16-5-2-6-17-37)56-54(58-55)38-28-26-36(27-29-38)43-22-13-23-46-45-21-10-12-25-51(45)60-52(43)46/h1-34H. The Kier molecular flexibility index (Phi) is 8.00. The number of para-hydroxylation sites is 1. The van der Waals surface area contributed by atoms with E-state index >= 15 is 0 Å². The van der Waals surface area contributed by atoms with Gasteiger partial charge in [0.2, 0.25) is 0 Å². The van der Waals surface area contributed by atoms with E-state index in [1.807, 2.05) is 29.5 Å². The number of nitrogens with zero attached hydrogens (tertiary/aromatic N) is 4. The van der Waals surface area contributed by atoms with Gasteiger partial charge in [0.1, 0.15) is 0 Å². The summed E-state index contributed by atoms with van der Waals surface area (Å²) in [5.41, 5.74) is 10.8. The molecular weight excluding hydrogens is 749 g/mol. The van der Waals surface area contributed by atoms with Crippen LogP contribution < -0.4 is 0 Å². The van der Waals surface area contributed by atoms with Crippen molar-refractivity contribution >= 4 is 64.1 Å². The molecule has 0 saturated heterocycles. The van der Waals surface area contributed by atoms with Crippen molar-refractivity contribution in [3.8, 4) is 62.1 Å². The molecule has 4 nitrogen and oxygen atoms in total. The summed E-state index contributed by atoms with van der Waals surface area (Å²) in [6.45, 7) is 0. The minimum absolute atomic E-state index is 0.616. The largest absolute Gasteiger partial charge is 0.309 e. The monoisotopic (exact) mass is 782 g/mol. The minimum Gasteiger partial charge on any atom is -0.309 e. The van der Waals surface area contributed by atoms with Gasteiger partial charge in [0.05, 0.1) is 16.7 Å². The van der Waals surface area contributed by atoms with Crippen LogP contribution >= 0.6 is 11.3 Å². The zero-order valence-corrected chi connectivity index (χ0v) is 33.1. The van der Waals surface area contributed by atoms with E-state index in [0.29, 0.717) is 17.5 Å². The van der Waals surface area contributed by atoms with Gasteiger partial charge in [-0.25, -0.2) is 15.0 Å². The van der Waals surface area contributed by atoms with Gasteiger partial charge in [-0.15, -0.1) is 11.3 Å². The summed E-state index contributed by atoms with van der Waals surface area (Å²) in [4.78, 5) is 15.5. The Morgan fingerprint density at radius 2 is 0.883 bits per heavy atom. The molecule has 3 heterocycles. The van der Waals surface area contributed by atoms with E-state index in [4.69, 9.17) is 15.0 Å². The molecule has 12 rings (SSSR count). The molecule has 0 atom stereocenters. The molecule has 0 bridgehead atoms.